The third kappa shape index (κ3) is 4.58. The van der Waals surface area contributed by atoms with Gasteiger partial charge in [-0.1, -0.05) is 41.9 Å². The highest BCUT2D eigenvalue weighted by Gasteiger charge is 2.06. The summed E-state index contributed by atoms with van der Waals surface area (Å²) in [4.78, 5) is 11.7. The van der Waals surface area contributed by atoms with E-state index in [9.17, 15) is 9.90 Å². The summed E-state index contributed by atoms with van der Waals surface area (Å²) in [5.41, 5.74) is 3.72. The maximum absolute atomic E-state index is 11.7. The number of hydrazone groups is 1. The van der Waals surface area contributed by atoms with Crippen LogP contribution in [0.4, 0.5) is 0 Å². The number of phenols is 1. The van der Waals surface area contributed by atoms with Crippen molar-refractivity contribution in [1.82, 2.24) is 5.43 Å². The molecule has 0 heterocycles. The lowest BCUT2D eigenvalue weighted by Crippen LogP contribution is -2.19. The van der Waals surface area contributed by atoms with Crippen molar-refractivity contribution in [1.29, 1.82) is 0 Å². The second kappa shape index (κ2) is 7.24. The van der Waals surface area contributed by atoms with Crippen LogP contribution in [-0.2, 0) is 11.2 Å². The van der Waals surface area contributed by atoms with E-state index in [0.29, 0.717) is 15.1 Å². The summed E-state index contributed by atoms with van der Waals surface area (Å²) in [6, 6.07) is 12.5. The molecular formula is C15H12BrClN2O2. The summed E-state index contributed by atoms with van der Waals surface area (Å²) < 4.78 is 0.465. The van der Waals surface area contributed by atoms with Gasteiger partial charge in [0.15, 0.2) is 0 Å². The molecule has 0 aliphatic heterocycles. The average molecular weight is 368 g/mol. The van der Waals surface area contributed by atoms with E-state index in [4.69, 9.17) is 11.6 Å². The highest BCUT2D eigenvalue weighted by Crippen LogP contribution is 2.30. The highest BCUT2D eigenvalue weighted by molar-refractivity contribution is 9.10. The molecule has 0 saturated carbocycles. The Labute approximate surface area is 135 Å². The molecule has 6 heteroatoms. The maximum Gasteiger partial charge on any atom is 0.244 e. The standard InChI is InChI=1S/C15H12BrClN2O2/c16-13-8-12(17)7-11(15(13)21)9-18-19-14(20)6-10-4-2-1-3-5-10/h1-5,7-9,21H,6H2,(H,19,20)/b18-9+. The zero-order valence-electron chi connectivity index (χ0n) is 10.9. The summed E-state index contributed by atoms with van der Waals surface area (Å²) in [7, 11) is 0. The number of carbonyl (C=O) groups excluding carboxylic acids is 1. The quantitative estimate of drug-likeness (QED) is 0.642. The number of aromatic hydroxyl groups is 1. The number of amides is 1. The van der Waals surface area contributed by atoms with Gasteiger partial charge in [0.1, 0.15) is 5.75 Å². The van der Waals surface area contributed by atoms with Crippen LogP contribution in [0.1, 0.15) is 11.1 Å². The van der Waals surface area contributed by atoms with Crippen molar-refractivity contribution in [2.45, 2.75) is 6.42 Å². The van der Waals surface area contributed by atoms with Crippen LogP contribution in [0.2, 0.25) is 5.02 Å². The third-order valence-corrected chi connectivity index (χ3v) is 3.48. The van der Waals surface area contributed by atoms with Crippen LogP contribution in [0.3, 0.4) is 0 Å². The van der Waals surface area contributed by atoms with Crippen LogP contribution in [0.5, 0.6) is 5.75 Å². The fraction of sp³-hybridized carbons (Fsp3) is 0.0667. The van der Waals surface area contributed by atoms with Crippen molar-refractivity contribution >= 4 is 39.7 Å². The zero-order valence-corrected chi connectivity index (χ0v) is 13.2. The summed E-state index contributed by atoms with van der Waals surface area (Å²) in [5, 5.41) is 14.1. The number of hydrogen-bond acceptors (Lipinski definition) is 3. The van der Waals surface area contributed by atoms with E-state index >= 15 is 0 Å². The minimum Gasteiger partial charge on any atom is -0.506 e. The Bertz CT molecular complexity index is 675. The van der Waals surface area contributed by atoms with Gasteiger partial charge in [-0.3, -0.25) is 4.79 Å². The number of benzene rings is 2. The molecule has 0 radical (unpaired) electrons. The van der Waals surface area contributed by atoms with Crippen LogP contribution >= 0.6 is 27.5 Å². The Hall–Kier alpha value is -1.85. The number of halogens is 2. The van der Waals surface area contributed by atoms with Gasteiger partial charge in [-0.2, -0.15) is 5.10 Å². The molecule has 1 amide bonds. The van der Waals surface area contributed by atoms with E-state index in [-0.39, 0.29) is 18.1 Å². The Morgan fingerprint density at radius 2 is 2.05 bits per heavy atom. The first-order valence-electron chi connectivity index (χ1n) is 6.10. The first-order chi connectivity index (χ1) is 10.1. The van der Waals surface area contributed by atoms with Crippen molar-refractivity contribution in [3.05, 3.63) is 63.1 Å². The van der Waals surface area contributed by atoms with E-state index in [2.05, 4.69) is 26.5 Å². The van der Waals surface area contributed by atoms with Crippen molar-refractivity contribution in [2.75, 3.05) is 0 Å². The number of hydrogen-bond donors (Lipinski definition) is 2. The van der Waals surface area contributed by atoms with Gasteiger partial charge in [0.2, 0.25) is 5.91 Å². The number of carbonyl (C=O) groups is 1. The van der Waals surface area contributed by atoms with E-state index in [1.165, 1.54) is 6.21 Å². The minimum absolute atomic E-state index is 0.0143. The number of phenolic OH excluding ortho intramolecular Hbond substituents is 1. The summed E-state index contributed by atoms with van der Waals surface area (Å²) in [6.07, 6.45) is 1.58. The van der Waals surface area contributed by atoms with Gasteiger partial charge in [-0.25, -0.2) is 5.43 Å². The van der Waals surface area contributed by atoms with Gasteiger partial charge >= 0.3 is 0 Å². The van der Waals surface area contributed by atoms with Crippen LogP contribution in [-0.4, -0.2) is 17.2 Å². The van der Waals surface area contributed by atoms with E-state index in [1.54, 1.807) is 12.1 Å². The van der Waals surface area contributed by atoms with Gasteiger partial charge in [-0.05, 0) is 33.6 Å². The number of rotatable bonds is 4. The van der Waals surface area contributed by atoms with Crippen molar-refractivity contribution in [2.24, 2.45) is 5.10 Å². The monoisotopic (exact) mass is 366 g/mol. The molecule has 0 fully saturated rings. The fourth-order valence-electron chi connectivity index (χ4n) is 1.68. The molecule has 2 rings (SSSR count). The van der Waals surface area contributed by atoms with E-state index in [1.807, 2.05) is 30.3 Å². The fourth-order valence-corrected chi connectivity index (χ4v) is 2.51. The Morgan fingerprint density at radius 1 is 1.33 bits per heavy atom. The molecule has 4 nitrogen and oxygen atoms in total. The van der Waals surface area contributed by atoms with Crippen molar-refractivity contribution < 1.29 is 9.90 Å². The van der Waals surface area contributed by atoms with E-state index < -0.39 is 0 Å². The molecule has 0 atom stereocenters. The van der Waals surface area contributed by atoms with Gasteiger partial charge in [-0.15, -0.1) is 0 Å². The first-order valence-corrected chi connectivity index (χ1v) is 7.27. The van der Waals surface area contributed by atoms with Crippen molar-refractivity contribution in [3.63, 3.8) is 0 Å². The lowest BCUT2D eigenvalue weighted by molar-refractivity contribution is -0.120. The molecule has 0 spiro atoms. The highest BCUT2D eigenvalue weighted by atomic mass is 79.9. The van der Waals surface area contributed by atoms with Gasteiger partial charge in [0.05, 0.1) is 17.1 Å². The van der Waals surface area contributed by atoms with Gasteiger partial charge in [0.25, 0.3) is 0 Å². The third-order valence-electron chi connectivity index (χ3n) is 2.66. The summed E-state index contributed by atoms with van der Waals surface area (Å²) in [6.45, 7) is 0. The summed E-state index contributed by atoms with van der Waals surface area (Å²) >= 11 is 9.06. The molecule has 0 saturated heterocycles. The Morgan fingerprint density at radius 3 is 2.76 bits per heavy atom. The zero-order chi connectivity index (χ0) is 15.2. The lowest BCUT2D eigenvalue weighted by Gasteiger charge is -2.03. The molecule has 0 bridgehead atoms. The van der Waals surface area contributed by atoms with Crippen LogP contribution in [0.15, 0.2) is 52.0 Å². The van der Waals surface area contributed by atoms with Gasteiger partial charge in [0, 0.05) is 10.6 Å². The topological polar surface area (TPSA) is 61.7 Å². The molecule has 0 aromatic heterocycles. The van der Waals surface area contributed by atoms with E-state index in [0.717, 1.165) is 5.56 Å². The predicted molar refractivity (Wildman–Crippen MR) is 86.7 cm³/mol. The molecule has 0 aliphatic carbocycles. The molecule has 0 aliphatic rings. The van der Waals surface area contributed by atoms with Crippen LogP contribution in [0.25, 0.3) is 0 Å². The molecule has 0 unspecified atom stereocenters. The molecule has 108 valence electrons. The second-order valence-electron chi connectivity index (χ2n) is 4.28. The Kier molecular flexibility index (Phi) is 5.36. The Balaban J connectivity index is 1.98. The molecule has 2 aromatic rings. The molecule has 2 aromatic carbocycles. The number of nitrogens with one attached hydrogen (secondary N) is 1. The van der Waals surface area contributed by atoms with Gasteiger partial charge < -0.3 is 5.11 Å². The molecular weight excluding hydrogens is 356 g/mol. The predicted octanol–water partition coefficient (Wildman–Crippen LogP) is 3.50. The first kappa shape index (κ1) is 15.5. The van der Waals surface area contributed by atoms with Crippen LogP contribution < -0.4 is 5.43 Å². The molecule has 2 N–H and O–H groups in total. The SMILES string of the molecule is O=C(Cc1ccccc1)N/N=C/c1cc(Cl)cc(Br)c1O. The lowest BCUT2D eigenvalue weighted by atomic mass is 10.1. The van der Waals surface area contributed by atoms with Crippen molar-refractivity contribution in [3.8, 4) is 5.75 Å². The molecule has 21 heavy (non-hydrogen) atoms. The van der Waals surface area contributed by atoms with Crippen LogP contribution in [0, 0.1) is 0 Å². The smallest absolute Gasteiger partial charge is 0.244 e. The number of nitrogens with zero attached hydrogens (tertiary/aromatic N) is 1. The minimum atomic E-state index is -0.238. The maximum atomic E-state index is 11.7. The summed E-state index contributed by atoms with van der Waals surface area (Å²) in [5.74, 6) is -0.224. The average Bonchev–Trinajstić information content (AvgIpc) is 2.45. The largest absolute Gasteiger partial charge is 0.506 e. The normalized spacial score (nSPS) is 10.8. The second-order valence-corrected chi connectivity index (χ2v) is 5.57.